The molecule has 0 saturated carbocycles. The number of nitrogens with zero attached hydrogens (tertiary/aromatic N) is 1. The van der Waals surface area contributed by atoms with Crippen LogP contribution in [0.15, 0.2) is 0 Å². The zero-order valence-corrected chi connectivity index (χ0v) is 21.2. The van der Waals surface area contributed by atoms with Crippen LogP contribution in [-0.2, 0) is 9.47 Å². The Kier molecular flexibility index (Phi) is 18.7. The van der Waals surface area contributed by atoms with Crippen molar-refractivity contribution in [2.75, 3.05) is 32.8 Å². The van der Waals surface area contributed by atoms with Crippen LogP contribution in [0.2, 0.25) is 0 Å². The van der Waals surface area contributed by atoms with Crippen molar-refractivity contribution in [1.82, 2.24) is 10.2 Å². The van der Waals surface area contributed by atoms with E-state index < -0.39 is 5.60 Å². The monoisotopic (exact) mass is 569 g/mol. The molecule has 0 aromatic heterocycles. The van der Waals surface area contributed by atoms with Gasteiger partial charge in [-0.25, -0.2) is 4.79 Å². The maximum atomic E-state index is 11.9. The Morgan fingerprint density at radius 1 is 1.29 bits per heavy atom. The molecule has 5 nitrogen and oxygen atoms in total. The molecule has 6 heteroatoms. The molecule has 0 spiro atoms. The van der Waals surface area contributed by atoms with Gasteiger partial charge in [-0.2, -0.15) is 0 Å². The molecule has 0 aliphatic carbocycles. The van der Waals surface area contributed by atoms with Crippen LogP contribution in [-0.4, -0.2) is 55.5 Å². The third-order valence-electron chi connectivity index (χ3n) is 2.98. The standard InChI is InChI=1S/C15H30N2O3.C2H6.CH3.U/c1-12(2)10-16-7-9-19-13-6-8-17(11-13)14(18)20-15(3,4)5;1-2;;/h12-13,16H,6-11H2,1-5H3;1-2H3;1H3;/q;;-1;. The van der Waals surface area contributed by atoms with Gasteiger partial charge in [-0.15, -0.1) is 0 Å². The van der Waals surface area contributed by atoms with Crippen molar-refractivity contribution in [2.45, 2.75) is 66.6 Å². The van der Waals surface area contributed by atoms with E-state index in [1.165, 1.54) is 0 Å². The molecule has 1 aliphatic heterocycles. The van der Waals surface area contributed by atoms with Crippen molar-refractivity contribution in [2.24, 2.45) is 5.92 Å². The van der Waals surface area contributed by atoms with Crippen molar-refractivity contribution in [3.63, 3.8) is 0 Å². The van der Waals surface area contributed by atoms with Gasteiger partial charge in [0, 0.05) is 44.2 Å². The number of hydrogen-bond donors (Lipinski definition) is 1. The van der Waals surface area contributed by atoms with E-state index in [1.807, 2.05) is 34.6 Å². The van der Waals surface area contributed by atoms with Crippen molar-refractivity contribution in [3.05, 3.63) is 7.43 Å². The van der Waals surface area contributed by atoms with Crippen molar-refractivity contribution < 1.29 is 45.4 Å². The van der Waals surface area contributed by atoms with Crippen LogP contribution in [0.3, 0.4) is 0 Å². The van der Waals surface area contributed by atoms with E-state index in [0.717, 1.165) is 26.1 Å². The molecular formula is C18H39N2O3U-. The molecule has 1 N–H and O–H groups in total. The maximum absolute atomic E-state index is 11.9. The molecule has 1 fully saturated rings. The van der Waals surface area contributed by atoms with Gasteiger partial charge in [0.25, 0.3) is 0 Å². The normalized spacial score (nSPS) is 16.7. The molecule has 1 rings (SSSR count). The Morgan fingerprint density at radius 2 is 1.88 bits per heavy atom. The number of hydrogen-bond acceptors (Lipinski definition) is 4. The Balaban J connectivity index is -0.00000106. The Morgan fingerprint density at radius 3 is 2.38 bits per heavy atom. The van der Waals surface area contributed by atoms with Crippen molar-refractivity contribution in [3.8, 4) is 0 Å². The summed E-state index contributed by atoms with van der Waals surface area (Å²) in [5.41, 5.74) is -0.434. The molecule has 0 aromatic carbocycles. The van der Waals surface area contributed by atoms with Crippen LogP contribution in [0.25, 0.3) is 0 Å². The number of amides is 1. The van der Waals surface area contributed by atoms with E-state index in [1.54, 1.807) is 4.90 Å². The van der Waals surface area contributed by atoms with Gasteiger partial charge in [-0.1, -0.05) is 27.7 Å². The minimum absolute atomic E-state index is 0. The first-order valence-electron chi connectivity index (χ1n) is 8.58. The molecule has 144 valence electrons. The Hall–Kier alpha value is 0.242. The van der Waals surface area contributed by atoms with Gasteiger partial charge in [-0.3, -0.25) is 0 Å². The summed E-state index contributed by atoms with van der Waals surface area (Å²) in [6.45, 7) is 17.9. The minimum atomic E-state index is -0.434. The first-order valence-corrected chi connectivity index (χ1v) is 8.58. The second-order valence-corrected chi connectivity index (χ2v) is 6.81. The number of carbonyl (C=O) groups excluding carboxylic acids is 1. The predicted molar refractivity (Wildman–Crippen MR) is 97.6 cm³/mol. The first kappa shape index (κ1) is 29.0. The number of likely N-dealkylation sites (tertiary alicyclic amines) is 1. The summed E-state index contributed by atoms with van der Waals surface area (Å²) >= 11 is 0. The summed E-state index contributed by atoms with van der Waals surface area (Å²) < 4.78 is 11.1. The van der Waals surface area contributed by atoms with Gasteiger partial charge < -0.3 is 27.1 Å². The van der Waals surface area contributed by atoms with Gasteiger partial charge in [0.15, 0.2) is 0 Å². The van der Waals surface area contributed by atoms with Gasteiger partial charge in [0.05, 0.1) is 19.3 Å². The van der Waals surface area contributed by atoms with E-state index in [-0.39, 0.29) is 50.7 Å². The second kappa shape index (κ2) is 15.5. The van der Waals surface area contributed by atoms with E-state index in [2.05, 4.69) is 19.2 Å². The summed E-state index contributed by atoms with van der Waals surface area (Å²) in [6, 6.07) is 0. The molecule has 1 unspecified atom stereocenters. The number of ether oxygens (including phenoxy) is 2. The van der Waals surface area contributed by atoms with Crippen molar-refractivity contribution >= 4 is 6.09 Å². The summed E-state index contributed by atoms with van der Waals surface area (Å²) in [6.07, 6.45) is 0.800. The van der Waals surface area contributed by atoms with Crippen molar-refractivity contribution in [1.29, 1.82) is 0 Å². The maximum Gasteiger partial charge on any atom is 0.410 e. The average Bonchev–Trinajstić information content (AvgIpc) is 2.87. The van der Waals surface area contributed by atoms with Crippen LogP contribution in [0.4, 0.5) is 4.79 Å². The number of carbonyl (C=O) groups is 1. The van der Waals surface area contributed by atoms with Gasteiger partial charge >= 0.3 is 6.09 Å². The summed E-state index contributed by atoms with van der Waals surface area (Å²) in [5, 5.41) is 3.34. The fourth-order valence-electron chi connectivity index (χ4n) is 2.05. The Bertz CT molecular complexity index is 307. The minimum Gasteiger partial charge on any atom is -0.444 e. The molecule has 0 bridgehead atoms. The summed E-state index contributed by atoms with van der Waals surface area (Å²) in [7, 11) is 0. The first-order chi connectivity index (χ1) is 10.3. The van der Waals surface area contributed by atoms with Crippen LogP contribution >= 0.6 is 0 Å². The molecule has 0 aromatic rings. The molecule has 1 aliphatic rings. The van der Waals surface area contributed by atoms with E-state index in [0.29, 0.717) is 19.1 Å². The van der Waals surface area contributed by atoms with Crippen LogP contribution < -0.4 is 5.32 Å². The van der Waals surface area contributed by atoms with Gasteiger partial charge in [0.2, 0.25) is 0 Å². The quantitative estimate of drug-likeness (QED) is 0.392. The smallest absolute Gasteiger partial charge is 0.410 e. The third-order valence-corrected chi connectivity index (χ3v) is 2.98. The number of nitrogens with one attached hydrogen (secondary N) is 1. The Labute approximate surface area is 174 Å². The van der Waals surface area contributed by atoms with E-state index in [4.69, 9.17) is 9.47 Å². The predicted octanol–water partition coefficient (Wildman–Crippen LogP) is 3.73. The summed E-state index contributed by atoms with van der Waals surface area (Å²) in [4.78, 5) is 13.6. The fourth-order valence-corrected chi connectivity index (χ4v) is 2.05. The zero-order valence-electron chi connectivity index (χ0n) is 17.1. The van der Waals surface area contributed by atoms with Gasteiger partial charge in [-0.05, 0) is 39.7 Å². The van der Waals surface area contributed by atoms with Gasteiger partial charge in [0.1, 0.15) is 5.60 Å². The third kappa shape index (κ3) is 14.6. The molecule has 0 radical (unpaired) electrons. The summed E-state index contributed by atoms with van der Waals surface area (Å²) in [5.74, 6) is 0.657. The van der Waals surface area contributed by atoms with E-state index in [9.17, 15) is 4.79 Å². The topological polar surface area (TPSA) is 50.8 Å². The SMILES string of the molecule is CC.CC(C)CNCCOC1CCN(C(=O)OC(C)(C)C)C1.[CH3-].[U]. The second-order valence-electron chi connectivity index (χ2n) is 6.81. The van der Waals surface area contributed by atoms with Crippen LogP contribution in [0.5, 0.6) is 0 Å². The fraction of sp³-hybridized carbons (Fsp3) is 0.889. The zero-order chi connectivity index (χ0) is 17.2. The van der Waals surface area contributed by atoms with Crippen LogP contribution in [0, 0.1) is 44.5 Å². The molecular weight excluding hydrogens is 530 g/mol. The molecule has 24 heavy (non-hydrogen) atoms. The van der Waals surface area contributed by atoms with E-state index >= 15 is 0 Å². The van der Waals surface area contributed by atoms with Crippen LogP contribution in [0.1, 0.15) is 54.9 Å². The largest absolute Gasteiger partial charge is 0.444 e. The average molecular weight is 570 g/mol. The molecule has 1 saturated heterocycles. The molecule has 1 heterocycles. The number of rotatable bonds is 6. The molecule has 1 amide bonds. The molecule has 1 atom stereocenters.